The fraction of sp³-hybridized carbons (Fsp3) is 0.444. The van der Waals surface area contributed by atoms with Crippen LogP contribution in [-0.2, 0) is 11.3 Å². The first-order valence-corrected chi connectivity index (χ1v) is 11.9. The largest absolute Gasteiger partial charge is 0.504 e. The highest BCUT2D eigenvalue weighted by Gasteiger charge is 2.04. The Balaban J connectivity index is 2.01. The van der Waals surface area contributed by atoms with Crippen LogP contribution in [0.2, 0.25) is 0 Å². The Morgan fingerprint density at radius 3 is 2.24 bits per heavy atom. The topological polar surface area (TPSA) is 107 Å². The molecule has 0 aliphatic carbocycles. The molecule has 0 aliphatic rings. The minimum atomic E-state index is 0.0206. The number of hydrogen-bond acceptors (Lipinski definition) is 4. The predicted molar refractivity (Wildman–Crippen MR) is 139 cm³/mol. The summed E-state index contributed by atoms with van der Waals surface area (Å²) in [6.07, 6.45) is 25.2. The summed E-state index contributed by atoms with van der Waals surface area (Å²) in [7, 11) is 1.50. The number of phenols is 1. The molecular formula is C27H38N4O3. The minimum absolute atomic E-state index is 0.0206. The van der Waals surface area contributed by atoms with Crippen molar-refractivity contribution in [2.45, 2.75) is 64.3 Å². The predicted octanol–water partition coefficient (Wildman–Crippen LogP) is 7.06. The smallest absolute Gasteiger partial charge is 0.220 e. The van der Waals surface area contributed by atoms with Gasteiger partial charge in [0.05, 0.1) is 7.11 Å². The van der Waals surface area contributed by atoms with Gasteiger partial charge in [0.25, 0.3) is 0 Å². The molecule has 7 heteroatoms. The zero-order valence-corrected chi connectivity index (χ0v) is 20.2. The van der Waals surface area contributed by atoms with Crippen LogP contribution in [0.25, 0.3) is 10.4 Å². The normalized spacial score (nSPS) is 11.6. The maximum atomic E-state index is 12.0. The minimum Gasteiger partial charge on any atom is -0.504 e. The maximum Gasteiger partial charge on any atom is 0.220 e. The number of carbonyl (C=O) groups is 1. The molecule has 0 atom stereocenters. The molecule has 34 heavy (non-hydrogen) atoms. The molecule has 0 bridgehead atoms. The van der Waals surface area contributed by atoms with E-state index < -0.39 is 0 Å². The third kappa shape index (κ3) is 15.4. The molecule has 0 aliphatic heterocycles. The van der Waals surface area contributed by atoms with Gasteiger partial charge in [0, 0.05) is 24.4 Å². The van der Waals surface area contributed by atoms with Crippen LogP contribution in [0.3, 0.4) is 0 Å². The average Bonchev–Trinajstić information content (AvgIpc) is 2.85. The summed E-state index contributed by atoms with van der Waals surface area (Å²) in [6.45, 7) is 1.00. The Labute approximate surface area is 203 Å². The highest BCUT2D eigenvalue weighted by atomic mass is 16.5. The van der Waals surface area contributed by atoms with Gasteiger partial charge in [-0.1, -0.05) is 59.8 Å². The maximum absolute atomic E-state index is 12.0. The van der Waals surface area contributed by atoms with E-state index in [1.165, 1.54) is 7.11 Å². The van der Waals surface area contributed by atoms with Crippen molar-refractivity contribution in [1.82, 2.24) is 5.32 Å². The summed E-state index contributed by atoms with van der Waals surface area (Å²) in [5.41, 5.74) is 9.07. The van der Waals surface area contributed by atoms with E-state index in [2.05, 4.69) is 64.0 Å². The number of benzene rings is 1. The van der Waals surface area contributed by atoms with Crippen LogP contribution in [-0.4, -0.2) is 24.7 Å². The summed E-state index contributed by atoms with van der Waals surface area (Å²) in [4.78, 5) is 14.7. The van der Waals surface area contributed by atoms with Crippen molar-refractivity contribution in [2.24, 2.45) is 5.11 Å². The number of nitrogens with one attached hydrogen (secondary N) is 1. The van der Waals surface area contributed by atoms with E-state index >= 15 is 0 Å². The van der Waals surface area contributed by atoms with Crippen LogP contribution in [0.4, 0.5) is 0 Å². The van der Waals surface area contributed by atoms with Crippen LogP contribution in [0, 0.1) is 0 Å². The van der Waals surface area contributed by atoms with Crippen molar-refractivity contribution in [2.75, 3.05) is 13.7 Å². The van der Waals surface area contributed by atoms with Gasteiger partial charge in [0.2, 0.25) is 5.91 Å². The zero-order valence-electron chi connectivity index (χ0n) is 20.2. The van der Waals surface area contributed by atoms with Crippen molar-refractivity contribution < 1.29 is 14.6 Å². The standard InChI is InChI=1S/C27H38N4O3/c1-34-26-22-24(19-20-25(26)32)23-29-27(33)18-16-14-12-10-8-6-4-2-3-5-7-9-11-13-15-17-21-30-31-28/h3-6,9-12,19-20,22,32H,2,7-8,13-18,21,23H2,1H3,(H,29,33)/b5-3-,6-4-,11-9-,12-10-. The Hall–Kier alpha value is -3.44. The molecule has 0 saturated heterocycles. The molecule has 1 aromatic carbocycles. The van der Waals surface area contributed by atoms with E-state index in [1.54, 1.807) is 18.2 Å². The summed E-state index contributed by atoms with van der Waals surface area (Å²) in [5.74, 6) is 0.515. The van der Waals surface area contributed by atoms with Gasteiger partial charge < -0.3 is 15.2 Å². The van der Waals surface area contributed by atoms with Crippen molar-refractivity contribution >= 4 is 5.91 Å². The first kappa shape index (κ1) is 28.6. The summed E-state index contributed by atoms with van der Waals surface area (Å²) in [5, 5.41) is 16.0. The van der Waals surface area contributed by atoms with E-state index in [1.807, 2.05) is 0 Å². The molecule has 0 fully saturated rings. The molecule has 1 rings (SSSR count). The zero-order chi connectivity index (χ0) is 24.7. The second-order valence-electron chi connectivity index (χ2n) is 7.72. The summed E-state index contributed by atoms with van der Waals surface area (Å²) in [6, 6.07) is 5.05. The molecule has 0 radical (unpaired) electrons. The third-order valence-corrected chi connectivity index (χ3v) is 4.93. The number of hydrogen-bond donors (Lipinski definition) is 2. The molecule has 0 spiro atoms. The Kier molecular flexibility index (Phi) is 17.0. The summed E-state index contributed by atoms with van der Waals surface area (Å²) >= 11 is 0. The Morgan fingerprint density at radius 1 is 1.00 bits per heavy atom. The van der Waals surface area contributed by atoms with Crippen LogP contribution in [0.5, 0.6) is 11.5 Å². The van der Waals surface area contributed by atoms with Crippen LogP contribution in [0.1, 0.15) is 63.4 Å². The highest BCUT2D eigenvalue weighted by Crippen LogP contribution is 2.26. The molecule has 1 amide bonds. The second kappa shape index (κ2) is 20.2. The van der Waals surface area contributed by atoms with Crippen molar-refractivity contribution in [3.05, 3.63) is 82.8 Å². The number of allylic oxidation sites excluding steroid dienone is 8. The lowest BCUT2D eigenvalue weighted by molar-refractivity contribution is -0.121. The van der Waals surface area contributed by atoms with Crippen LogP contribution >= 0.6 is 0 Å². The number of unbranched alkanes of at least 4 members (excludes halogenated alkanes) is 3. The molecule has 1 aromatic rings. The molecular weight excluding hydrogens is 428 g/mol. The van der Waals surface area contributed by atoms with Crippen molar-refractivity contribution in [1.29, 1.82) is 0 Å². The third-order valence-electron chi connectivity index (χ3n) is 4.93. The number of ether oxygens (including phenoxy) is 1. The molecule has 184 valence electrons. The quantitative estimate of drug-likeness (QED) is 0.0794. The van der Waals surface area contributed by atoms with Gasteiger partial charge in [-0.05, 0) is 74.6 Å². The number of phenolic OH excluding ortho intramolecular Hbond substituents is 1. The monoisotopic (exact) mass is 466 g/mol. The average molecular weight is 467 g/mol. The first-order chi connectivity index (χ1) is 16.7. The molecule has 0 heterocycles. The number of nitrogens with zero attached hydrogens (tertiary/aromatic N) is 3. The first-order valence-electron chi connectivity index (χ1n) is 11.9. The van der Waals surface area contributed by atoms with Gasteiger partial charge >= 0.3 is 0 Å². The fourth-order valence-corrected chi connectivity index (χ4v) is 3.04. The molecule has 7 nitrogen and oxygen atoms in total. The van der Waals surface area contributed by atoms with Gasteiger partial charge in [-0.3, -0.25) is 4.79 Å². The van der Waals surface area contributed by atoms with Crippen molar-refractivity contribution in [3.8, 4) is 11.5 Å². The van der Waals surface area contributed by atoms with Crippen LogP contribution in [0.15, 0.2) is 71.9 Å². The van der Waals surface area contributed by atoms with E-state index in [-0.39, 0.29) is 11.7 Å². The van der Waals surface area contributed by atoms with Gasteiger partial charge in [-0.2, -0.15) is 0 Å². The van der Waals surface area contributed by atoms with E-state index in [4.69, 9.17) is 10.3 Å². The molecule has 0 saturated carbocycles. The second-order valence-corrected chi connectivity index (χ2v) is 7.72. The number of azide groups is 1. The van der Waals surface area contributed by atoms with E-state index in [9.17, 15) is 9.90 Å². The Morgan fingerprint density at radius 2 is 1.62 bits per heavy atom. The van der Waals surface area contributed by atoms with E-state index in [0.717, 1.165) is 56.9 Å². The lowest BCUT2D eigenvalue weighted by Gasteiger charge is -2.08. The number of aromatic hydroxyl groups is 1. The van der Waals surface area contributed by atoms with Gasteiger partial charge in [0.1, 0.15) is 0 Å². The highest BCUT2D eigenvalue weighted by molar-refractivity contribution is 5.75. The fourth-order valence-electron chi connectivity index (χ4n) is 3.04. The molecule has 0 aromatic heterocycles. The summed E-state index contributed by atoms with van der Waals surface area (Å²) < 4.78 is 5.07. The Bertz CT molecular complexity index is 869. The SMILES string of the molecule is COc1cc(CNC(=O)CCC/C=C\C/C=C\C/C=C\C/C=C\CCCCN=[N+]=[N-])ccc1O. The van der Waals surface area contributed by atoms with Crippen molar-refractivity contribution in [3.63, 3.8) is 0 Å². The van der Waals surface area contributed by atoms with Gasteiger partial charge in [-0.25, -0.2) is 0 Å². The number of rotatable bonds is 18. The number of amides is 1. The van der Waals surface area contributed by atoms with E-state index in [0.29, 0.717) is 25.3 Å². The number of carbonyl (C=O) groups excluding carboxylic acids is 1. The lowest BCUT2D eigenvalue weighted by atomic mass is 10.2. The van der Waals surface area contributed by atoms with Crippen LogP contribution < -0.4 is 10.1 Å². The molecule has 2 N–H and O–H groups in total. The van der Waals surface area contributed by atoms with Gasteiger partial charge in [-0.15, -0.1) is 0 Å². The molecule has 0 unspecified atom stereocenters. The number of methoxy groups -OCH3 is 1. The van der Waals surface area contributed by atoms with Gasteiger partial charge in [0.15, 0.2) is 11.5 Å². The lowest BCUT2D eigenvalue weighted by Crippen LogP contribution is -2.22.